The maximum atomic E-state index is 12.2. The molecular weight excluding hydrogens is 230 g/mol. The standard InChI is InChI=1S/C14H13NO3/c1-9-13(16)11(8-12(15-9)18-2)14(17)10-6-4-3-5-7-10/h3-8,16H,1-2H3. The van der Waals surface area contributed by atoms with Gasteiger partial charge in [0.2, 0.25) is 5.88 Å². The fourth-order valence-corrected chi connectivity index (χ4v) is 1.66. The predicted octanol–water partition coefficient (Wildman–Crippen LogP) is 2.34. The Bertz CT molecular complexity index is 579. The molecule has 0 radical (unpaired) electrons. The first-order valence-corrected chi connectivity index (χ1v) is 5.48. The maximum Gasteiger partial charge on any atom is 0.214 e. The predicted molar refractivity (Wildman–Crippen MR) is 67.1 cm³/mol. The lowest BCUT2D eigenvalue weighted by Gasteiger charge is -2.08. The molecule has 0 spiro atoms. The number of ether oxygens (including phenoxy) is 1. The van der Waals surface area contributed by atoms with Gasteiger partial charge in [0.1, 0.15) is 5.75 Å². The van der Waals surface area contributed by atoms with Gasteiger partial charge in [-0.25, -0.2) is 4.98 Å². The van der Waals surface area contributed by atoms with Crippen molar-refractivity contribution >= 4 is 5.78 Å². The highest BCUT2D eigenvalue weighted by atomic mass is 16.5. The van der Waals surface area contributed by atoms with Crippen LogP contribution in [0.5, 0.6) is 11.6 Å². The second kappa shape index (κ2) is 4.87. The van der Waals surface area contributed by atoms with E-state index >= 15 is 0 Å². The molecule has 0 unspecified atom stereocenters. The van der Waals surface area contributed by atoms with E-state index in [0.29, 0.717) is 17.1 Å². The van der Waals surface area contributed by atoms with Crippen molar-refractivity contribution in [1.82, 2.24) is 4.98 Å². The van der Waals surface area contributed by atoms with Gasteiger partial charge in [0.05, 0.1) is 18.4 Å². The molecule has 0 atom stereocenters. The number of carbonyl (C=O) groups is 1. The van der Waals surface area contributed by atoms with Gasteiger partial charge in [-0.1, -0.05) is 30.3 Å². The van der Waals surface area contributed by atoms with Crippen molar-refractivity contribution in [2.45, 2.75) is 6.92 Å². The van der Waals surface area contributed by atoms with Crippen LogP contribution in [0.3, 0.4) is 0 Å². The van der Waals surface area contributed by atoms with Gasteiger partial charge in [-0.3, -0.25) is 4.79 Å². The molecule has 1 aromatic carbocycles. The lowest BCUT2D eigenvalue weighted by Crippen LogP contribution is -2.04. The number of aryl methyl sites for hydroxylation is 1. The maximum absolute atomic E-state index is 12.2. The second-order valence-electron chi connectivity index (χ2n) is 3.84. The SMILES string of the molecule is COc1cc(C(=O)c2ccccc2)c(O)c(C)n1. The molecule has 0 saturated heterocycles. The van der Waals surface area contributed by atoms with Gasteiger partial charge in [-0.05, 0) is 6.92 Å². The Morgan fingerprint density at radius 1 is 1.28 bits per heavy atom. The molecule has 4 nitrogen and oxygen atoms in total. The first-order valence-electron chi connectivity index (χ1n) is 5.48. The number of ketones is 1. The number of hydrogen-bond acceptors (Lipinski definition) is 4. The summed E-state index contributed by atoms with van der Waals surface area (Å²) in [4.78, 5) is 16.2. The first kappa shape index (κ1) is 12.1. The zero-order valence-corrected chi connectivity index (χ0v) is 10.2. The summed E-state index contributed by atoms with van der Waals surface area (Å²) in [6, 6.07) is 10.2. The van der Waals surface area contributed by atoms with Gasteiger partial charge < -0.3 is 9.84 Å². The van der Waals surface area contributed by atoms with E-state index in [1.807, 2.05) is 6.07 Å². The smallest absolute Gasteiger partial charge is 0.214 e. The number of pyridine rings is 1. The lowest BCUT2D eigenvalue weighted by atomic mass is 10.0. The van der Waals surface area contributed by atoms with E-state index in [1.54, 1.807) is 31.2 Å². The summed E-state index contributed by atoms with van der Waals surface area (Å²) >= 11 is 0. The minimum Gasteiger partial charge on any atom is -0.505 e. The van der Waals surface area contributed by atoms with Crippen LogP contribution in [0.25, 0.3) is 0 Å². The second-order valence-corrected chi connectivity index (χ2v) is 3.84. The zero-order chi connectivity index (χ0) is 13.1. The van der Waals surface area contributed by atoms with Crippen molar-refractivity contribution in [3.05, 3.63) is 53.2 Å². The molecule has 0 fully saturated rings. The summed E-state index contributed by atoms with van der Waals surface area (Å²) in [5.74, 6) is -0.0499. The number of carbonyl (C=O) groups excluding carboxylic acids is 1. The van der Waals surface area contributed by atoms with Crippen molar-refractivity contribution in [3.63, 3.8) is 0 Å². The number of aromatic hydroxyl groups is 1. The summed E-state index contributed by atoms with van der Waals surface area (Å²) < 4.78 is 5.00. The molecule has 1 aromatic heterocycles. The molecular formula is C14H13NO3. The third-order valence-corrected chi connectivity index (χ3v) is 2.63. The van der Waals surface area contributed by atoms with Gasteiger partial charge >= 0.3 is 0 Å². The van der Waals surface area contributed by atoms with E-state index in [2.05, 4.69) is 4.98 Å². The van der Waals surface area contributed by atoms with Crippen LogP contribution in [-0.4, -0.2) is 23.0 Å². The first-order chi connectivity index (χ1) is 8.63. The minimum atomic E-state index is -0.253. The summed E-state index contributed by atoms with van der Waals surface area (Å²) in [6.07, 6.45) is 0. The normalized spacial score (nSPS) is 10.1. The van der Waals surface area contributed by atoms with E-state index in [1.165, 1.54) is 13.2 Å². The van der Waals surface area contributed by atoms with E-state index in [9.17, 15) is 9.90 Å². The Morgan fingerprint density at radius 3 is 2.56 bits per heavy atom. The fourth-order valence-electron chi connectivity index (χ4n) is 1.66. The quantitative estimate of drug-likeness (QED) is 0.840. The highest BCUT2D eigenvalue weighted by molar-refractivity contribution is 6.10. The Kier molecular flexibility index (Phi) is 3.28. The molecule has 0 bridgehead atoms. The molecule has 2 aromatic rings. The third-order valence-electron chi connectivity index (χ3n) is 2.63. The number of rotatable bonds is 3. The van der Waals surface area contributed by atoms with Crippen LogP contribution in [-0.2, 0) is 0 Å². The molecule has 1 N–H and O–H groups in total. The van der Waals surface area contributed by atoms with Crippen LogP contribution < -0.4 is 4.74 Å². The Labute approximate surface area is 105 Å². The number of nitrogens with zero attached hydrogens (tertiary/aromatic N) is 1. The van der Waals surface area contributed by atoms with Crippen LogP contribution in [0, 0.1) is 6.92 Å². The van der Waals surface area contributed by atoms with Crippen LogP contribution in [0.2, 0.25) is 0 Å². The summed E-state index contributed by atoms with van der Waals surface area (Å²) in [5.41, 5.74) is 1.08. The van der Waals surface area contributed by atoms with E-state index in [4.69, 9.17) is 4.74 Å². The van der Waals surface area contributed by atoms with Gasteiger partial charge in [0, 0.05) is 11.6 Å². The lowest BCUT2D eigenvalue weighted by molar-refractivity contribution is 0.103. The van der Waals surface area contributed by atoms with E-state index in [-0.39, 0.29) is 17.1 Å². The van der Waals surface area contributed by atoms with Crippen LogP contribution in [0.15, 0.2) is 36.4 Å². The molecule has 0 amide bonds. The van der Waals surface area contributed by atoms with Gasteiger partial charge in [0.25, 0.3) is 0 Å². The molecule has 0 aliphatic rings. The molecule has 4 heteroatoms. The van der Waals surface area contributed by atoms with Crippen LogP contribution in [0.4, 0.5) is 0 Å². The topological polar surface area (TPSA) is 59.4 Å². The summed E-state index contributed by atoms with van der Waals surface area (Å²) in [5, 5.41) is 9.91. The van der Waals surface area contributed by atoms with Crippen molar-refractivity contribution in [3.8, 4) is 11.6 Å². The molecule has 1 heterocycles. The van der Waals surface area contributed by atoms with Crippen LogP contribution in [0.1, 0.15) is 21.6 Å². The minimum absolute atomic E-state index is 0.107. The zero-order valence-electron chi connectivity index (χ0n) is 10.2. The average molecular weight is 243 g/mol. The fraction of sp³-hybridized carbons (Fsp3) is 0.143. The van der Waals surface area contributed by atoms with Crippen molar-refractivity contribution in [2.75, 3.05) is 7.11 Å². The average Bonchev–Trinajstić information content (AvgIpc) is 2.42. The molecule has 92 valence electrons. The number of methoxy groups -OCH3 is 1. The largest absolute Gasteiger partial charge is 0.505 e. The third kappa shape index (κ3) is 2.18. The molecule has 0 saturated carbocycles. The monoisotopic (exact) mass is 243 g/mol. The number of benzene rings is 1. The van der Waals surface area contributed by atoms with E-state index < -0.39 is 0 Å². The molecule has 0 aliphatic carbocycles. The van der Waals surface area contributed by atoms with Gasteiger partial charge in [0.15, 0.2) is 5.78 Å². The Morgan fingerprint density at radius 2 is 1.94 bits per heavy atom. The highest BCUT2D eigenvalue weighted by Gasteiger charge is 2.17. The molecule has 2 rings (SSSR count). The van der Waals surface area contributed by atoms with E-state index in [0.717, 1.165) is 0 Å². The van der Waals surface area contributed by atoms with Gasteiger partial charge in [-0.15, -0.1) is 0 Å². The number of hydrogen-bond donors (Lipinski definition) is 1. The molecule has 18 heavy (non-hydrogen) atoms. The Balaban J connectivity index is 2.51. The van der Waals surface area contributed by atoms with Gasteiger partial charge in [-0.2, -0.15) is 0 Å². The number of aromatic nitrogens is 1. The summed E-state index contributed by atoms with van der Waals surface area (Å²) in [7, 11) is 1.47. The van der Waals surface area contributed by atoms with Crippen molar-refractivity contribution in [1.29, 1.82) is 0 Å². The molecule has 0 aliphatic heterocycles. The summed E-state index contributed by atoms with van der Waals surface area (Å²) in [6.45, 7) is 1.62. The highest BCUT2D eigenvalue weighted by Crippen LogP contribution is 2.26. The van der Waals surface area contributed by atoms with Crippen LogP contribution >= 0.6 is 0 Å². The Hall–Kier alpha value is -2.36. The van der Waals surface area contributed by atoms with Crippen molar-refractivity contribution in [2.24, 2.45) is 0 Å². The van der Waals surface area contributed by atoms with Crippen molar-refractivity contribution < 1.29 is 14.6 Å².